The molecule has 2 rings (SSSR count). The zero-order chi connectivity index (χ0) is 21.8. The van der Waals surface area contributed by atoms with Gasteiger partial charge in [0.1, 0.15) is 6.04 Å². The fourth-order valence-electron chi connectivity index (χ4n) is 3.04. The van der Waals surface area contributed by atoms with Crippen molar-refractivity contribution in [3.05, 3.63) is 59.2 Å². The van der Waals surface area contributed by atoms with Gasteiger partial charge in [-0.15, -0.1) is 0 Å². The van der Waals surface area contributed by atoms with Gasteiger partial charge in [0.2, 0.25) is 15.9 Å². The average molecular weight is 419 g/mol. The minimum absolute atomic E-state index is 0.266. The van der Waals surface area contributed by atoms with Crippen LogP contribution in [0.25, 0.3) is 0 Å². The number of methoxy groups -OCH3 is 1. The zero-order valence-corrected chi connectivity index (χ0v) is 18.0. The molecule has 8 heteroatoms. The van der Waals surface area contributed by atoms with Gasteiger partial charge in [-0.3, -0.25) is 9.10 Å². The number of sulfonamides is 1. The molecule has 2 aromatic rings. The molecule has 1 atom stereocenters. The lowest BCUT2D eigenvalue weighted by atomic mass is 10.1. The SMILES string of the molecule is CC[C@@H](C(=O)Nc1cc(C(=O)OC)ccc1C)N(c1cccc(C)c1)S(C)(=O)=O. The lowest BCUT2D eigenvalue weighted by molar-refractivity contribution is -0.117. The smallest absolute Gasteiger partial charge is 0.337 e. The number of esters is 1. The number of nitrogens with zero attached hydrogens (tertiary/aromatic N) is 1. The number of ether oxygens (including phenoxy) is 1. The second kappa shape index (κ2) is 9.09. The Labute approximate surface area is 171 Å². The molecule has 1 amide bonds. The molecule has 2 aromatic carbocycles. The molecule has 0 aliphatic carbocycles. The van der Waals surface area contributed by atoms with Crippen LogP contribution < -0.4 is 9.62 Å². The molecule has 0 aliphatic heterocycles. The number of carbonyl (C=O) groups is 2. The highest BCUT2D eigenvalue weighted by Crippen LogP contribution is 2.25. The number of amides is 1. The van der Waals surface area contributed by atoms with E-state index in [1.165, 1.54) is 13.2 Å². The summed E-state index contributed by atoms with van der Waals surface area (Å²) in [6.45, 7) is 5.38. The number of carbonyl (C=O) groups excluding carboxylic acids is 2. The Kier molecular flexibility index (Phi) is 7.02. The van der Waals surface area contributed by atoms with Gasteiger partial charge in [-0.05, 0) is 55.7 Å². The number of hydrogen-bond acceptors (Lipinski definition) is 5. The van der Waals surface area contributed by atoms with Crippen molar-refractivity contribution in [3.8, 4) is 0 Å². The molecule has 0 spiro atoms. The Balaban J connectivity index is 2.42. The normalized spacial score (nSPS) is 12.2. The predicted octanol–water partition coefficient (Wildman–Crippen LogP) is 3.27. The average Bonchev–Trinajstić information content (AvgIpc) is 2.65. The predicted molar refractivity (Wildman–Crippen MR) is 114 cm³/mol. The van der Waals surface area contributed by atoms with E-state index < -0.39 is 27.9 Å². The van der Waals surface area contributed by atoms with Gasteiger partial charge < -0.3 is 10.1 Å². The molecule has 0 saturated heterocycles. The van der Waals surface area contributed by atoms with Gasteiger partial charge in [-0.25, -0.2) is 13.2 Å². The third kappa shape index (κ3) is 5.35. The first-order valence-electron chi connectivity index (χ1n) is 9.14. The van der Waals surface area contributed by atoms with Gasteiger partial charge in [0.05, 0.1) is 24.6 Å². The summed E-state index contributed by atoms with van der Waals surface area (Å²) in [4.78, 5) is 24.8. The van der Waals surface area contributed by atoms with Crippen molar-refractivity contribution in [1.82, 2.24) is 0 Å². The highest BCUT2D eigenvalue weighted by Gasteiger charge is 2.31. The third-order valence-electron chi connectivity index (χ3n) is 4.50. The second-order valence-electron chi connectivity index (χ2n) is 6.83. The summed E-state index contributed by atoms with van der Waals surface area (Å²) in [5.41, 5.74) is 2.76. The number of benzene rings is 2. The van der Waals surface area contributed by atoms with E-state index in [0.717, 1.165) is 21.7 Å². The van der Waals surface area contributed by atoms with E-state index in [-0.39, 0.29) is 6.42 Å². The van der Waals surface area contributed by atoms with E-state index in [0.29, 0.717) is 16.9 Å². The fourth-order valence-corrected chi connectivity index (χ4v) is 4.25. The van der Waals surface area contributed by atoms with Gasteiger partial charge in [-0.2, -0.15) is 0 Å². The Morgan fingerprint density at radius 1 is 1.14 bits per heavy atom. The molecule has 0 bridgehead atoms. The van der Waals surface area contributed by atoms with Crippen molar-refractivity contribution < 1.29 is 22.7 Å². The summed E-state index contributed by atoms with van der Waals surface area (Å²) >= 11 is 0. The summed E-state index contributed by atoms with van der Waals surface area (Å²) in [5, 5.41) is 2.76. The lowest BCUT2D eigenvalue weighted by Crippen LogP contribution is -2.47. The van der Waals surface area contributed by atoms with Gasteiger partial charge >= 0.3 is 5.97 Å². The number of aryl methyl sites for hydroxylation is 2. The molecule has 0 aliphatic rings. The molecule has 0 aromatic heterocycles. The minimum atomic E-state index is -3.72. The van der Waals surface area contributed by atoms with E-state index >= 15 is 0 Å². The van der Waals surface area contributed by atoms with Crippen molar-refractivity contribution in [1.29, 1.82) is 0 Å². The fraction of sp³-hybridized carbons (Fsp3) is 0.333. The first-order valence-corrected chi connectivity index (χ1v) is 11.0. The van der Waals surface area contributed by atoms with Gasteiger partial charge in [0.25, 0.3) is 0 Å². The summed E-state index contributed by atoms with van der Waals surface area (Å²) < 4.78 is 30.9. The first-order chi connectivity index (χ1) is 13.6. The third-order valence-corrected chi connectivity index (χ3v) is 5.68. The molecule has 0 radical (unpaired) electrons. The topological polar surface area (TPSA) is 92.8 Å². The van der Waals surface area contributed by atoms with E-state index in [9.17, 15) is 18.0 Å². The molecule has 156 valence electrons. The van der Waals surface area contributed by atoms with Crippen molar-refractivity contribution in [2.24, 2.45) is 0 Å². The maximum Gasteiger partial charge on any atom is 0.337 e. The highest BCUT2D eigenvalue weighted by atomic mass is 32.2. The van der Waals surface area contributed by atoms with Crippen LogP contribution in [-0.2, 0) is 19.6 Å². The molecule has 1 N–H and O–H groups in total. The van der Waals surface area contributed by atoms with Crippen LogP contribution in [0.1, 0.15) is 34.8 Å². The van der Waals surface area contributed by atoms with Crippen molar-refractivity contribution in [2.45, 2.75) is 33.2 Å². The van der Waals surface area contributed by atoms with Gasteiger partial charge in [0.15, 0.2) is 0 Å². The molecular formula is C21H26N2O5S. The quantitative estimate of drug-likeness (QED) is 0.697. The van der Waals surface area contributed by atoms with Crippen LogP contribution in [0, 0.1) is 13.8 Å². The molecule has 7 nitrogen and oxygen atoms in total. The summed E-state index contributed by atoms with van der Waals surface area (Å²) in [5.74, 6) is -1.00. The van der Waals surface area contributed by atoms with Gasteiger partial charge in [-0.1, -0.05) is 25.1 Å². The molecule has 0 fully saturated rings. The molecule has 0 unspecified atom stereocenters. The standard InChI is InChI=1S/C21H26N2O5S/c1-6-19(23(29(5,26)27)17-9-7-8-14(2)12-17)20(24)22-18-13-16(21(25)28-4)11-10-15(18)3/h7-13,19H,6H2,1-5H3,(H,22,24)/t19-/m0/s1. The van der Waals surface area contributed by atoms with E-state index in [4.69, 9.17) is 4.74 Å². The molecule has 0 heterocycles. The van der Waals surface area contributed by atoms with Crippen LogP contribution in [0.4, 0.5) is 11.4 Å². The zero-order valence-electron chi connectivity index (χ0n) is 17.2. The monoisotopic (exact) mass is 418 g/mol. The van der Waals surface area contributed by atoms with Crippen LogP contribution in [0.5, 0.6) is 0 Å². The van der Waals surface area contributed by atoms with Crippen LogP contribution in [0.2, 0.25) is 0 Å². The Hall–Kier alpha value is -2.87. The Morgan fingerprint density at radius 2 is 1.83 bits per heavy atom. The maximum atomic E-state index is 13.1. The summed E-state index contributed by atoms with van der Waals surface area (Å²) in [6.07, 6.45) is 1.34. The Morgan fingerprint density at radius 3 is 2.38 bits per heavy atom. The second-order valence-corrected chi connectivity index (χ2v) is 8.69. The van der Waals surface area contributed by atoms with Crippen LogP contribution in [-0.4, -0.2) is 39.7 Å². The van der Waals surface area contributed by atoms with E-state index in [2.05, 4.69) is 5.32 Å². The Bertz CT molecular complexity index is 1020. The summed E-state index contributed by atoms with van der Waals surface area (Å²) in [7, 11) is -2.44. The number of hydrogen-bond donors (Lipinski definition) is 1. The van der Waals surface area contributed by atoms with E-state index in [1.54, 1.807) is 44.2 Å². The number of rotatable bonds is 7. The lowest BCUT2D eigenvalue weighted by Gasteiger charge is -2.30. The molecular weight excluding hydrogens is 392 g/mol. The van der Waals surface area contributed by atoms with Crippen molar-refractivity contribution in [3.63, 3.8) is 0 Å². The van der Waals surface area contributed by atoms with Gasteiger partial charge in [0, 0.05) is 5.69 Å². The first kappa shape index (κ1) is 22.4. The minimum Gasteiger partial charge on any atom is -0.465 e. The highest BCUT2D eigenvalue weighted by molar-refractivity contribution is 7.92. The maximum absolute atomic E-state index is 13.1. The van der Waals surface area contributed by atoms with Crippen LogP contribution in [0.15, 0.2) is 42.5 Å². The molecule has 29 heavy (non-hydrogen) atoms. The van der Waals surface area contributed by atoms with Crippen LogP contribution >= 0.6 is 0 Å². The number of nitrogens with one attached hydrogen (secondary N) is 1. The van der Waals surface area contributed by atoms with Crippen molar-refractivity contribution >= 4 is 33.3 Å². The summed E-state index contributed by atoms with van der Waals surface area (Å²) in [6, 6.07) is 10.8. The largest absolute Gasteiger partial charge is 0.465 e. The molecule has 0 saturated carbocycles. The van der Waals surface area contributed by atoms with Crippen molar-refractivity contribution in [2.75, 3.05) is 23.0 Å². The van der Waals surface area contributed by atoms with Crippen LogP contribution in [0.3, 0.4) is 0 Å². The number of anilines is 2. The van der Waals surface area contributed by atoms with E-state index in [1.807, 2.05) is 13.0 Å².